The Kier molecular flexibility index (Phi) is 1.95. The lowest BCUT2D eigenvalue weighted by Crippen LogP contribution is -2.31. The summed E-state index contributed by atoms with van der Waals surface area (Å²) >= 11 is 0. The molecule has 1 fully saturated rings. The first-order chi connectivity index (χ1) is 5.46. The fourth-order valence-corrected chi connectivity index (χ4v) is 1.10. The molecule has 0 bridgehead atoms. The van der Waals surface area contributed by atoms with Crippen molar-refractivity contribution in [2.75, 3.05) is 6.54 Å². The van der Waals surface area contributed by atoms with E-state index < -0.39 is 30.9 Å². The second-order valence-corrected chi connectivity index (χ2v) is 2.59. The molecule has 1 saturated heterocycles. The van der Waals surface area contributed by atoms with Crippen molar-refractivity contribution < 1.29 is 18.7 Å². The number of halogens is 2. The summed E-state index contributed by atoms with van der Waals surface area (Å²) in [5, 5.41) is 10.9. The maximum Gasteiger partial charge on any atom is 0.328 e. The molecule has 0 radical (unpaired) electrons. The van der Waals surface area contributed by atoms with E-state index in [1.807, 2.05) is 0 Å². The largest absolute Gasteiger partial charge is 0.480 e. The molecule has 1 atom stereocenters. The Bertz CT molecular complexity index is 221. The van der Waals surface area contributed by atoms with E-state index in [2.05, 4.69) is 5.29 Å². The first-order valence-electron chi connectivity index (χ1n) is 3.17. The third kappa shape index (κ3) is 1.49. The minimum Gasteiger partial charge on any atom is -0.480 e. The van der Waals surface area contributed by atoms with Crippen molar-refractivity contribution in [2.24, 2.45) is 5.29 Å². The lowest BCUT2D eigenvalue weighted by molar-refractivity contribution is -0.142. The molecule has 0 amide bonds. The van der Waals surface area contributed by atoms with Crippen LogP contribution < -0.4 is 0 Å². The number of carboxylic acids is 1. The van der Waals surface area contributed by atoms with Crippen LogP contribution in [0.25, 0.3) is 0 Å². The Morgan fingerprint density at radius 3 is 2.58 bits per heavy atom. The van der Waals surface area contributed by atoms with E-state index in [9.17, 15) is 18.5 Å². The van der Waals surface area contributed by atoms with E-state index in [-0.39, 0.29) is 0 Å². The molecule has 0 aromatic rings. The zero-order chi connectivity index (χ0) is 9.35. The van der Waals surface area contributed by atoms with Crippen LogP contribution in [0, 0.1) is 4.91 Å². The molecular weight excluding hydrogens is 174 g/mol. The Labute approximate surface area is 65.9 Å². The van der Waals surface area contributed by atoms with Gasteiger partial charge in [0.2, 0.25) is 0 Å². The number of nitroso groups, excluding NO2 is 1. The Hall–Kier alpha value is -1.27. The van der Waals surface area contributed by atoms with Crippen LogP contribution in [0.3, 0.4) is 0 Å². The Morgan fingerprint density at radius 1 is 1.67 bits per heavy atom. The minimum absolute atomic E-state index is 0.350. The van der Waals surface area contributed by atoms with Crippen LogP contribution >= 0.6 is 0 Å². The van der Waals surface area contributed by atoms with Gasteiger partial charge in [-0.2, -0.15) is 0 Å². The molecule has 0 saturated carbocycles. The fourth-order valence-electron chi connectivity index (χ4n) is 1.10. The van der Waals surface area contributed by atoms with Gasteiger partial charge in [-0.3, -0.25) is 0 Å². The van der Waals surface area contributed by atoms with Gasteiger partial charge in [0.05, 0.1) is 5.29 Å². The Balaban J connectivity index is 2.76. The topological polar surface area (TPSA) is 70.0 Å². The smallest absolute Gasteiger partial charge is 0.328 e. The molecule has 0 aliphatic carbocycles. The normalized spacial score (nSPS) is 27.2. The van der Waals surface area contributed by atoms with Gasteiger partial charge in [-0.1, -0.05) is 0 Å². The number of alkyl halides is 2. The van der Waals surface area contributed by atoms with Crippen LogP contribution in [0.4, 0.5) is 8.78 Å². The van der Waals surface area contributed by atoms with Crippen molar-refractivity contribution in [1.82, 2.24) is 5.01 Å². The first-order valence-corrected chi connectivity index (χ1v) is 3.17. The zero-order valence-electron chi connectivity index (χ0n) is 5.91. The number of nitrogens with zero attached hydrogens (tertiary/aromatic N) is 2. The molecule has 1 heterocycles. The standard InChI is InChI=1S/C5H6F2N2O3/c6-5(7)1-3(4(10)11)9(2-5)8-12/h3H,1-2H2,(H,10,11). The molecule has 0 aromatic heterocycles. The highest BCUT2D eigenvalue weighted by Gasteiger charge is 2.48. The summed E-state index contributed by atoms with van der Waals surface area (Å²) in [6.45, 7) is -0.909. The van der Waals surface area contributed by atoms with Gasteiger partial charge in [-0.05, 0) is 0 Å². The van der Waals surface area contributed by atoms with Crippen LogP contribution in [0.15, 0.2) is 5.29 Å². The molecule has 0 spiro atoms. The van der Waals surface area contributed by atoms with Gasteiger partial charge in [-0.25, -0.2) is 18.6 Å². The average molecular weight is 180 g/mol. The second kappa shape index (κ2) is 2.65. The van der Waals surface area contributed by atoms with E-state index >= 15 is 0 Å². The summed E-state index contributed by atoms with van der Waals surface area (Å²) in [6.07, 6.45) is -0.853. The van der Waals surface area contributed by atoms with Crippen molar-refractivity contribution in [2.45, 2.75) is 18.4 Å². The summed E-state index contributed by atoms with van der Waals surface area (Å²) < 4.78 is 25.0. The summed E-state index contributed by atoms with van der Waals surface area (Å²) in [5.74, 6) is -4.58. The van der Waals surface area contributed by atoms with Crippen molar-refractivity contribution in [1.29, 1.82) is 0 Å². The molecule has 0 aromatic carbocycles. The van der Waals surface area contributed by atoms with Gasteiger partial charge in [0, 0.05) is 6.42 Å². The number of hydrogen-bond donors (Lipinski definition) is 1. The van der Waals surface area contributed by atoms with Crippen molar-refractivity contribution in [3.05, 3.63) is 4.91 Å². The number of carbonyl (C=O) groups is 1. The molecule has 1 N–H and O–H groups in total. The number of aliphatic carboxylic acids is 1. The highest BCUT2D eigenvalue weighted by atomic mass is 19.3. The first kappa shape index (κ1) is 8.82. The highest BCUT2D eigenvalue weighted by molar-refractivity contribution is 5.74. The number of hydrogen-bond acceptors (Lipinski definition) is 3. The van der Waals surface area contributed by atoms with Crippen LogP contribution in [0.5, 0.6) is 0 Å². The SMILES string of the molecule is O=NN1CC(F)(F)CC1C(=O)O. The maximum absolute atomic E-state index is 12.5. The summed E-state index contributed by atoms with van der Waals surface area (Å²) in [4.78, 5) is 20.2. The second-order valence-electron chi connectivity index (χ2n) is 2.59. The van der Waals surface area contributed by atoms with Crippen LogP contribution in [0.1, 0.15) is 6.42 Å². The highest BCUT2D eigenvalue weighted by Crippen LogP contribution is 2.31. The minimum atomic E-state index is -3.13. The average Bonchev–Trinajstić information content (AvgIpc) is 2.25. The van der Waals surface area contributed by atoms with Crippen LogP contribution in [0.2, 0.25) is 0 Å². The zero-order valence-corrected chi connectivity index (χ0v) is 5.91. The monoisotopic (exact) mass is 180 g/mol. The van der Waals surface area contributed by atoms with Gasteiger partial charge in [0.15, 0.2) is 6.04 Å². The third-order valence-electron chi connectivity index (χ3n) is 1.64. The van der Waals surface area contributed by atoms with Gasteiger partial charge in [0.25, 0.3) is 5.92 Å². The predicted molar refractivity (Wildman–Crippen MR) is 33.5 cm³/mol. The van der Waals surface area contributed by atoms with E-state index in [1.54, 1.807) is 0 Å². The number of carboxylic acid groups (broad SMARTS) is 1. The van der Waals surface area contributed by atoms with Gasteiger partial charge < -0.3 is 5.11 Å². The van der Waals surface area contributed by atoms with E-state index in [0.717, 1.165) is 0 Å². The summed E-state index contributed by atoms with van der Waals surface area (Å²) in [7, 11) is 0. The number of rotatable bonds is 2. The molecule has 12 heavy (non-hydrogen) atoms. The van der Waals surface area contributed by atoms with Crippen molar-refractivity contribution in [3.8, 4) is 0 Å². The molecular formula is C5H6F2N2O3. The fraction of sp³-hybridized carbons (Fsp3) is 0.800. The lowest BCUT2D eigenvalue weighted by Gasteiger charge is -2.10. The third-order valence-corrected chi connectivity index (χ3v) is 1.64. The van der Waals surface area contributed by atoms with Crippen molar-refractivity contribution in [3.63, 3.8) is 0 Å². The molecule has 7 heteroatoms. The quantitative estimate of drug-likeness (QED) is 0.626. The van der Waals surface area contributed by atoms with E-state index in [1.165, 1.54) is 0 Å². The lowest BCUT2D eigenvalue weighted by atomic mass is 10.2. The summed E-state index contributed by atoms with van der Waals surface area (Å²) in [5.41, 5.74) is 0. The van der Waals surface area contributed by atoms with Gasteiger partial charge in [0.1, 0.15) is 6.54 Å². The molecule has 1 rings (SSSR count). The Morgan fingerprint density at radius 2 is 2.25 bits per heavy atom. The predicted octanol–water partition coefficient (Wildman–Crippen LogP) is 0.462. The molecule has 5 nitrogen and oxygen atoms in total. The van der Waals surface area contributed by atoms with Gasteiger partial charge in [-0.15, -0.1) is 4.91 Å². The van der Waals surface area contributed by atoms with Crippen LogP contribution in [-0.4, -0.2) is 34.6 Å². The maximum atomic E-state index is 12.5. The van der Waals surface area contributed by atoms with E-state index in [0.29, 0.717) is 5.01 Å². The van der Waals surface area contributed by atoms with Gasteiger partial charge >= 0.3 is 5.97 Å². The van der Waals surface area contributed by atoms with Crippen molar-refractivity contribution >= 4 is 5.97 Å². The van der Waals surface area contributed by atoms with E-state index in [4.69, 9.17) is 5.11 Å². The molecule has 1 unspecified atom stereocenters. The molecule has 1 aliphatic rings. The molecule has 1 aliphatic heterocycles. The van der Waals surface area contributed by atoms with Crippen LogP contribution in [-0.2, 0) is 4.79 Å². The summed E-state index contributed by atoms with van der Waals surface area (Å²) in [6, 6.07) is -1.49. The molecule has 68 valence electrons.